The Morgan fingerprint density at radius 2 is 1.78 bits per heavy atom. The number of ether oxygens (including phenoxy) is 1. The highest BCUT2D eigenvalue weighted by Crippen LogP contribution is 2.37. The number of esters is 1. The van der Waals surface area contributed by atoms with Gasteiger partial charge in [-0.15, -0.1) is 0 Å². The maximum Gasteiger partial charge on any atom is 0.306 e. The molecule has 1 rings (SSSR count). The van der Waals surface area contributed by atoms with Crippen molar-refractivity contribution >= 4 is 5.97 Å². The average Bonchev–Trinajstić information content (AvgIpc) is 2.23. The maximum absolute atomic E-state index is 11.7. The third kappa shape index (κ3) is 5.02. The molecule has 18 heavy (non-hydrogen) atoms. The molecule has 0 heterocycles. The molecule has 5 nitrogen and oxygen atoms in total. The molecule has 0 saturated heterocycles. The fourth-order valence-corrected chi connectivity index (χ4v) is 2.84. The van der Waals surface area contributed by atoms with Crippen LogP contribution in [0.3, 0.4) is 0 Å². The standard InChI is InChI=1S/C13H23NO4/c1-2-18-12(15)10-13(11-14(16)17)8-6-4-3-5-7-9-13/h2-11H2,1H3. The molecule has 5 heteroatoms. The van der Waals surface area contributed by atoms with Crippen molar-refractivity contribution in [1.29, 1.82) is 0 Å². The van der Waals surface area contributed by atoms with E-state index in [-0.39, 0.29) is 23.9 Å². The molecule has 0 aromatic carbocycles. The van der Waals surface area contributed by atoms with Gasteiger partial charge < -0.3 is 4.74 Å². The van der Waals surface area contributed by atoms with Crippen molar-refractivity contribution in [2.75, 3.05) is 13.2 Å². The van der Waals surface area contributed by atoms with Crippen molar-refractivity contribution in [2.24, 2.45) is 5.41 Å². The zero-order valence-electron chi connectivity index (χ0n) is 11.2. The Morgan fingerprint density at radius 1 is 1.22 bits per heavy atom. The van der Waals surface area contributed by atoms with Crippen LogP contribution < -0.4 is 0 Å². The van der Waals surface area contributed by atoms with E-state index in [0.717, 1.165) is 38.5 Å². The van der Waals surface area contributed by atoms with Crippen molar-refractivity contribution in [1.82, 2.24) is 0 Å². The Labute approximate surface area is 108 Å². The van der Waals surface area contributed by atoms with Crippen LogP contribution in [0.1, 0.15) is 58.3 Å². The Kier molecular flexibility index (Phi) is 6.09. The van der Waals surface area contributed by atoms with E-state index in [0.29, 0.717) is 6.61 Å². The van der Waals surface area contributed by atoms with E-state index < -0.39 is 5.41 Å². The van der Waals surface area contributed by atoms with Crippen molar-refractivity contribution in [3.63, 3.8) is 0 Å². The maximum atomic E-state index is 11.7. The molecule has 0 unspecified atom stereocenters. The van der Waals surface area contributed by atoms with Gasteiger partial charge in [0.2, 0.25) is 6.54 Å². The summed E-state index contributed by atoms with van der Waals surface area (Å²) in [6.07, 6.45) is 7.13. The molecule has 0 amide bonds. The predicted octanol–water partition coefficient (Wildman–Crippen LogP) is 2.95. The summed E-state index contributed by atoms with van der Waals surface area (Å²) in [6.45, 7) is 2.00. The van der Waals surface area contributed by atoms with Gasteiger partial charge in [0.1, 0.15) is 0 Å². The molecular formula is C13H23NO4. The molecule has 0 bridgehead atoms. The van der Waals surface area contributed by atoms with E-state index in [2.05, 4.69) is 0 Å². The second kappa shape index (κ2) is 7.34. The fraction of sp³-hybridized carbons (Fsp3) is 0.923. The van der Waals surface area contributed by atoms with Crippen molar-refractivity contribution in [3.05, 3.63) is 10.1 Å². The molecule has 1 aliphatic rings. The monoisotopic (exact) mass is 257 g/mol. The smallest absolute Gasteiger partial charge is 0.306 e. The Morgan fingerprint density at radius 3 is 2.28 bits per heavy atom. The van der Waals surface area contributed by atoms with E-state index in [9.17, 15) is 14.9 Å². The first-order chi connectivity index (χ1) is 8.58. The molecule has 0 N–H and O–H groups in total. The van der Waals surface area contributed by atoms with Gasteiger partial charge in [-0.2, -0.15) is 0 Å². The number of nitrogens with zero attached hydrogens (tertiary/aromatic N) is 1. The van der Waals surface area contributed by atoms with Crippen LogP contribution in [-0.4, -0.2) is 24.0 Å². The minimum atomic E-state index is -0.476. The minimum Gasteiger partial charge on any atom is -0.466 e. The van der Waals surface area contributed by atoms with Crippen molar-refractivity contribution in [2.45, 2.75) is 58.3 Å². The summed E-state index contributed by atoms with van der Waals surface area (Å²) in [5.41, 5.74) is -0.476. The number of carbonyl (C=O) groups is 1. The zero-order valence-corrected chi connectivity index (χ0v) is 11.2. The second-order valence-corrected chi connectivity index (χ2v) is 5.24. The molecule has 0 aromatic heterocycles. The van der Waals surface area contributed by atoms with Crippen LogP contribution >= 0.6 is 0 Å². The second-order valence-electron chi connectivity index (χ2n) is 5.24. The number of carbonyl (C=O) groups excluding carboxylic acids is 1. The molecule has 1 fully saturated rings. The first-order valence-electron chi connectivity index (χ1n) is 6.85. The van der Waals surface area contributed by atoms with Gasteiger partial charge in [0, 0.05) is 10.3 Å². The molecule has 1 saturated carbocycles. The van der Waals surface area contributed by atoms with Gasteiger partial charge >= 0.3 is 5.97 Å². The zero-order chi connectivity index (χ0) is 13.4. The van der Waals surface area contributed by atoms with Gasteiger partial charge in [0.05, 0.1) is 13.0 Å². The first-order valence-corrected chi connectivity index (χ1v) is 6.85. The summed E-state index contributed by atoms with van der Waals surface area (Å²) < 4.78 is 4.96. The van der Waals surface area contributed by atoms with Gasteiger partial charge in [-0.3, -0.25) is 14.9 Å². The van der Waals surface area contributed by atoms with Crippen molar-refractivity contribution in [3.8, 4) is 0 Å². The number of hydrogen-bond acceptors (Lipinski definition) is 4. The lowest BCUT2D eigenvalue weighted by molar-refractivity contribution is -0.498. The van der Waals surface area contributed by atoms with E-state index >= 15 is 0 Å². The number of rotatable bonds is 5. The lowest BCUT2D eigenvalue weighted by atomic mass is 9.74. The normalized spacial score (nSPS) is 19.6. The lowest BCUT2D eigenvalue weighted by Crippen LogP contribution is -2.34. The SMILES string of the molecule is CCOC(=O)CC1(C[N+](=O)[O-])CCCCCCC1. The van der Waals surface area contributed by atoms with Gasteiger partial charge in [0.25, 0.3) is 0 Å². The summed E-state index contributed by atoms with van der Waals surface area (Å²) >= 11 is 0. The minimum absolute atomic E-state index is 0.105. The Hall–Kier alpha value is -1.13. The molecule has 0 radical (unpaired) electrons. The first kappa shape index (κ1) is 14.9. The molecule has 1 aliphatic carbocycles. The lowest BCUT2D eigenvalue weighted by Gasteiger charge is -2.30. The van der Waals surface area contributed by atoms with Gasteiger partial charge in [-0.25, -0.2) is 0 Å². The third-order valence-corrected chi connectivity index (χ3v) is 3.70. The summed E-state index contributed by atoms with van der Waals surface area (Å²) in [5.74, 6) is -0.292. The highest BCUT2D eigenvalue weighted by Gasteiger charge is 2.38. The van der Waals surface area contributed by atoms with Crippen LogP contribution in [-0.2, 0) is 9.53 Å². The highest BCUT2D eigenvalue weighted by molar-refractivity contribution is 5.70. The quantitative estimate of drug-likeness (QED) is 0.431. The molecule has 104 valence electrons. The van der Waals surface area contributed by atoms with Crippen LogP contribution in [0.5, 0.6) is 0 Å². The summed E-state index contributed by atoms with van der Waals surface area (Å²) in [6, 6.07) is 0. The van der Waals surface area contributed by atoms with Crippen molar-refractivity contribution < 1.29 is 14.5 Å². The number of hydrogen-bond donors (Lipinski definition) is 0. The summed E-state index contributed by atoms with van der Waals surface area (Å²) in [4.78, 5) is 22.2. The van der Waals surface area contributed by atoms with Gasteiger partial charge in [0.15, 0.2) is 0 Å². The van der Waals surface area contributed by atoms with Crippen LogP contribution in [0.15, 0.2) is 0 Å². The van der Waals surface area contributed by atoms with E-state index in [1.165, 1.54) is 6.42 Å². The largest absolute Gasteiger partial charge is 0.466 e. The van der Waals surface area contributed by atoms with Gasteiger partial charge in [-0.1, -0.05) is 32.1 Å². The molecule has 0 aromatic rings. The molecule has 0 aliphatic heterocycles. The van der Waals surface area contributed by atoms with Crippen LogP contribution in [0.4, 0.5) is 0 Å². The summed E-state index contributed by atoms with van der Waals surface area (Å²) in [7, 11) is 0. The van der Waals surface area contributed by atoms with E-state index in [1.807, 2.05) is 0 Å². The highest BCUT2D eigenvalue weighted by atomic mass is 16.6. The van der Waals surface area contributed by atoms with Crippen LogP contribution in [0, 0.1) is 15.5 Å². The van der Waals surface area contributed by atoms with Crippen LogP contribution in [0.2, 0.25) is 0 Å². The van der Waals surface area contributed by atoms with Gasteiger partial charge in [-0.05, 0) is 19.8 Å². The number of nitro groups is 1. The predicted molar refractivity (Wildman–Crippen MR) is 67.9 cm³/mol. The molecular weight excluding hydrogens is 234 g/mol. The Balaban J connectivity index is 2.70. The fourth-order valence-electron chi connectivity index (χ4n) is 2.84. The molecule has 0 atom stereocenters. The molecule has 0 spiro atoms. The topological polar surface area (TPSA) is 69.4 Å². The van der Waals surface area contributed by atoms with E-state index in [4.69, 9.17) is 4.74 Å². The average molecular weight is 257 g/mol. The summed E-state index contributed by atoms with van der Waals surface area (Å²) in [5, 5.41) is 10.9. The van der Waals surface area contributed by atoms with Crippen LogP contribution in [0.25, 0.3) is 0 Å². The van der Waals surface area contributed by atoms with E-state index in [1.54, 1.807) is 6.92 Å². The Bertz CT molecular complexity index is 283. The third-order valence-electron chi connectivity index (χ3n) is 3.70.